The van der Waals surface area contributed by atoms with Gasteiger partial charge >= 0.3 is 12.4 Å². The molecule has 0 saturated carbocycles. The number of benzene rings is 3. The zero-order chi connectivity index (χ0) is 23.0. The molecule has 10 heteroatoms. The molecule has 0 spiro atoms. The van der Waals surface area contributed by atoms with Gasteiger partial charge in [-0.25, -0.2) is 8.78 Å². The highest BCUT2D eigenvalue weighted by molar-refractivity contribution is 6.04. The Bertz CT molecular complexity index is 1130. The van der Waals surface area contributed by atoms with E-state index in [2.05, 4.69) is 0 Å². The summed E-state index contributed by atoms with van der Waals surface area (Å²) in [6, 6.07) is 8.50. The van der Waals surface area contributed by atoms with E-state index in [-0.39, 0.29) is 5.56 Å². The van der Waals surface area contributed by atoms with Crippen LogP contribution in [0.4, 0.5) is 40.8 Å². The van der Waals surface area contributed by atoms with Crippen molar-refractivity contribution in [2.45, 2.75) is 12.4 Å². The van der Waals surface area contributed by atoms with E-state index in [0.717, 1.165) is 48.5 Å². The molecule has 2 nitrogen and oxygen atoms in total. The van der Waals surface area contributed by atoms with E-state index in [4.69, 9.17) is 0 Å². The fourth-order valence-electron chi connectivity index (χ4n) is 2.85. The van der Waals surface area contributed by atoms with Gasteiger partial charge < -0.3 is 5.32 Å². The number of rotatable bonds is 3. The Kier molecular flexibility index (Phi) is 5.75. The second-order valence-electron chi connectivity index (χ2n) is 6.39. The molecule has 3 aromatic rings. The summed E-state index contributed by atoms with van der Waals surface area (Å²) in [5.74, 6) is -3.99. The summed E-state index contributed by atoms with van der Waals surface area (Å²) in [4.78, 5) is 12.1. The van der Waals surface area contributed by atoms with Crippen molar-refractivity contribution in [1.29, 1.82) is 0 Å². The van der Waals surface area contributed by atoms with Gasteiger partial charge in [0.15, 0.2) is 11.6 Å². The summed E-state index contributed by atoms with van der Waals surface area (Å²) in [6.07, 6.45) is -9.73. The van der Waals surface area contributed by atoms with Crippen molar-refractivity contribution in [1.82, 2.24) is 0 Å². The highest BCUT2D eigenvalue weighted by Crippen LogP contribution is 2.40. The molecule has 1 N–H and O–H groups in total. The number of hydrogen-bond donors (Lipinski definition) is 1. The number of carbonyl (C=O) groups excluding carboxylic acids is 1. The summed E-state index contributed by atoms with van der Waals surface area (Å²) in [5.41, 5.74) is -4.46. The molecule has 0 unspecified atom stereocenters. The number of hydrogen-bond acceptors (Lipinski definition) is 1. The van der Waals surface area contributed by atoms with Gasteiger partial charge in [-0.05, 0) is 47.5 Å². The molecule has 0 aliphatic rings. The van der Waals surface area contributed by atoms with Crippen LogP contribution in [0.1, 0.15) is 21.5 Å². The van der Waals surface area contributed by atoms with E-state index in [1.54, 1.807) is 0 Å². The molecule has 0 aromatic heterocycles. The molecular formula is C21H11F8NO. The molecule has 0 fully saturated rings. The van der Waals surface area contributed by atoms with Crippen LogP contribution in [-0.2, 0) is 12.4 Å². The van der Waals surface area contributed by atoms with Crippen molar-refractivity contribution >= 4 is 11.6 Å². The second-order valence-corrected chi connectivity index (χ2v) is 6.39. The molecule has 3 aromatic carbocycles. The zero-order valence-electron chi connectivity index (χ0n) is 15.2. The average molecular weight is 445 g/mol. The minimum atomic E-state index is -4.98. The largest absolute Gasteiger partial charge is 0.417 e. The molecule has 31 heavy (non-hydrogen) atoms. The zero-order valence-corrected chi connectivity index (χ0v) is 15.2. The summed E-state index contributed by atoms with van der Waals surface area (Å²) in [7, 11) is 0. The van der Waals surface area contributed by atoms with Gasteiger partial charge in [-0.2, -0.15) is 26.3 Å². The van der Waals surface area contributed by atoms with Crippen LogP contribution in [0, 0.1) is 11.6 Å². The lowest BCUT2D eigenvalue weighted by Crippen LogP contribution is -2.16. The van der Waals surface area contributed by atoms with Gasteiger partial charge in [0, 0.05) is 5.69 Å². The summed E-state index contributed by atoms with van der Waals surface area (Å²) >= 11 is 0. The van der Waals surface area contributed by atoms with Crippen molar-refractivity contribution in [3.05, 3.63) is 89.0 Å². The van der Waals surface area contributed by atoms with E-state index < -0.39 is 57.8 Å². The van der Waals surface area contributed by atoms with E-state index >= 15 is 0 Å². The maximum absolute atomic E-state index is 13.7. The fraction of sp³-hybridized carbons (Fsp3) is 0.0952. The number of amides is 1. The van der Waals surface area contributed by atoms with Gasteiger partial charge in [-0.1, -0.05) is 24.3 Å². The predicted molar refractivity (Wildman–Crippen MR) is 96.2 cm³/mol. The lowest BCUT2D eigenvalue weighted by atomic mass is 9.97. The number of carbonyl (C=O) groups is 1. The topological polar surface area (TPSA) is 29.1 Å². The first-order valence-electron chi connectivity index (χ1n) is 8.52. The van der Waals surface area contributed by atoms with Gasteiger partial charge in [0.1, 0.15) is 0 Å². The molecule has 0 aliphatic heterocycles. The normalized spacial score (nSPS) is 12.0. The smallest absolute Gasteiger partial charge is 0.322 e. The van der Waals surface area contributed by atoms with Crippen LogP contribution >= 0.6 is 0 Å². The Morgan fingerprint density at radius 2 is 1.45 bits per heavy atom. The van der Waals surface area contributed by atoms with Crippen molar-refractivity contribution in [2.24, 2.45) is 0 Å². The van der Waals surface area contributed by atoms with E-state index in [9.17, 15) is 39.9 Å². The molecule has 0 heterocycles. The second kappa shape index (κ2) is 8.01. The molecule has 0 atom stereocenters. The fourth-order valence-corrected chi connectivity index (χ4v) is 2.85. The predicted octanol–water partition coefficient (Wildman–Crippen LogP) is 6.92. The molecule has 162 valence electrons. The van der Waals surface area contributed by atoms with Crippen LogP contribution in [0.3, 0.4) is 0 Å². The van der Waals surface area contributed by atoms with Crippen LogP contribution in [0.5, 0.6) is 0 Å². The lowest BCUT2D eigenvalue weighted by Gasteiger charge is -2.16. The highest BCUT2D eigenvalue weighted by Gasteiger charge is 2.35. The van der Waals surface area contributed by atoms with E-state index in [1.165, 1.54) is 0 Å². The Balaban J connectivity index is 2.02. The minimum Gasteiger partial charge on any atom is -0.322 e. The Morgan fingerprint density at radius 3 is 2.10 bits per heavy atom. The molecule has 0 aliphatic carbocycles. The van der Waals surface area contributed by atoms with Gasteiger partial charge in [0.2, 0.25) is 0 Å². The number of anilines is 1. The first-order chi connectivity index (χ1) is 14.4. The maximum atomic E-state index is 13.7. The van der Waals surface area contributed by atoms with Crippen LogP contribution in [0.15, 0.2) is 60.7 Å². The highest BCUT2D eigenvalue weighted by atomic mass is 19.4. The first kappa shape index (κ1) is 22.3. The Morgan fingerprint density at radius 1 is 0.774 bits per heavy atom. The number of alkyl halides is 6. The van der Waals surface area contributed by atoms with E-state index in [0.29, 0.717) is 12.1 Å². The first-order valence-corrected chi connectivity index (χ1v) is 8.52. The lowest BCUT2D eigenvalue weighted by molar-refractivity contribution is -0.137. The van der Waals surface area contributed by atoms with Gasteiger partial charge in [0.25, 0.3) is 5.91 Å². The Hall–Kier alpha value is -3.43. The third kappa shape index (κ3) is 4.84. The monoisotopic (exact) mass is 445 g/mol. The van der Waals surface area contributed by atoms with E-state index in [1.807, 2.05) is 5.32 Å². The van der Waals surface area contributed by atoms with Gasteiger partial charge in [-0.3, -0.25) is 4.79 Å². The van der Waals surface area contributed by atoms with Gasteiger partial charge in [-0.15, -0.1) is 0 Å². The Labute approximate surface area is 170 Å². The van der Waals surface area contributed by atoms with Crippen LogP contribution in [0.25, 0.3) is 11.1 Å². The number of nitrogens with one attached hydrogen (secondary N) is 1. The van der Waals surface area contributed by atoms with Crippen LogP contribution in [-0.4, -0.2) is 5.91 Å². The molecule has 0 saturated heterocycles. The van der Waals surface area contributed by atoms with Crippen LogP contribution in [0.2, 0.25) is 0 Å². The SMILES string of the molecule is O=C(Nc1ccc(-c2cccc(C(F)(F)F)c2)c(C(F)(F)F)c1)c1cccc(F)c1F. The molecule has 1 amide bonds. The quantitative estimate of drug-likeness (QED) is 0.436. The van der Waals surface area contributed by atoms with Crippen molar-refractivity contribution in [3.63, 3.8) is 0 Å². The standard InChI is InChI=1S/C21H11F8NO/c22-17-6-2-5-15(18(17)23)19(31)30-13-7-8-14(16(10-13)21(27,28)29)11-3-1-4-12(9-11)20(24,25)26/h1-10H,(H,30,31). The van der Waals surface area contributed by atoms with Gasteiger partial charge in [0.05, 0.1) is 16.7 Å². The average Bonchev–Trinajstić information content (AvgIpc) is 2.69. The van der Waals surface area contributed by atoms with Crippen molar-refractivity contribution in [2.75, 3.05) is 5.32 Å². The third-order valence-electron chi connectivity index (χ3n) is 4.28. The minimum absolute atomic E-state index is 0.337. The summed E-state index contributed by atoms with van der Waals surface area (Å²) in [5, 5.41) is 2.03. The summed E-state index contributed by atoms with van der Waals surface area (Å²) in [6.45, 7) is 0. The maximum Gasteiger partial charge on any atom is 0.417 e. The van der Waals surface area contributed by atoms with Crippen molar-refractivity contribution < 1.29 is 39.9 Å². The summed E-state index contributed by atoms with van der Waals surface area (Å²) < 4.78 is 107. The molecular weight excluding hydrogens is 434 g/mol. The third-order valence-corrected chi connectivity index (χ3v) is 4.28. The molecule has 0 radical (unpaired) electrons. The number of halogens is 8. The molecule has 3 rings (SSSR count). The molecule has 0 bridgehead atoms. The van der Waals surface area contributed by atoms with Crippen LogP contribution < -0.4 is 5.32 Å². The van der Waals surface area contributed by atoms with Crippen molar-refractivity contribution in [3.8, 4) is 11.1 Å².